The average molecular weight is 197 g/mol. The Labute approximate surface area is 78.5 Å². The SMILES string of the molecule is O=C(O)c1cnc2c(ccn2Cl)c1. The van der Waals surface area contributed by atoms with Crippen molar-refractivity contribution >= 4 is 28.8 Å². The lowest BCUT2D eigenvalue weighted by atomic mass is 10.2. The molecule has 1 N–H and O–H groups in total. The van der Waals surface area contributed by atoms with Gasteiger partial charge in [0.1, 0.15) is 0 Å². The predicted molar refractivity (Wildman–Crippen MR) is 47.9 cm³/mol. The summed E-state index contributed by atoms with van der Waals surface area (Å²) in [6, 6.07) is 3.24. The van der Waals surface area contributed by atoms with E-state index in [4.69, 9.17) is 16.9 Å². The summed E-state index contributed by atoms with van der Waals surface area (Å²) < 4.78 is 1.32. The molecule has 0 saturated heterocycles. The van der Waals surface area contributed by atoms with Gasteiger partial charge in [0.05, 0.1) is 5.56 Å². The number of halogens is 1. The lowest BCUT2D eigenvalue weighted by Crippen LogP contribution is -1.96. The van der Waals surface area contributed by atoms with Gasteiger partial charge in [-0.15, -0.1) is 0 Å². The second-order valence-electron chi connectivity index (χ2n) is 2.57. The molecule has 0 atom stereocenters. The van der Waals surface area contributed by atoms with E-state index in [1.54, 1.807) is 12.3 Å². The summed E-state index contributed by atoms with van der Waals surface area (Å²) in [5.74, 6) is -0.989. The molecule has 0 saturated carbocycles. The van der Waals surface area contributed by atoms with Crippen LogP contribution >= 0.6 is 11.8 Å². The van der Waals surface area contributed by atoms with Gasteiger partial charge in [0.25, 0.3) is 0 Å². The molecular weight excluding hydrogens is 192 g/mol. The number of nitrogens with zero attached hydrogens (tertiary/aromatic N) is 2. The number of carbonyl (C=O) groups is 1. The quantitative estimate of drug-likeness (QED) is 0.756. The molecule has 0 fully saturated rings. The molecule has 2 heterocycles. The molecular formula is C8H5ClN2O2. The Morgan fingerprint density at radius 1 is 1.62 bits per heavy atom. The highest BCUT2D eigenvalue weighted by Crippen LogP contribution is 2.15. The average Bonchev–Trinajstić information content (AvgIpc) is 2.47. The third-order valence-corrected chi connectivity index (χ3v) is 2.00. The summed E-state index contributed by atoms with van der Waals surface area (Å²) in [6.07, 6.45) is 2.90. The third kappa shape index (κ3) is 1.25. The molecule has 13 heavy (non-hydrogen) atoms. The van der Waals surface area contributed by atoms with Gasteiger partial charge in [-0.05, 0) is 12.1 Å². The standard InChI is InChI=1S/C8H5ClN2O2/c9-11-2-1-5-3-6(8(12)13)4-10-7(5)11/h1-4H,(H,12,13). The van der Waals surface area contributed by atoms with E-state index < -0.39 is 5.97 Å². The molecule has 2 aromatic heterocycles. The monoisotopic (exact) mass is 196 g/mol. The predicted octanol–water partition coefficient (Wildman–Crippen LogP) is 1.74. The summed E-state index contributed by atoms with van der Waals surface area (Å²) in [6.45, 7) is 0. The van der Waals surface area contributed by atoms with Crippen LogP contribution < -0.4 is 0 Å². The molecule has 0 spiro atoms. The van der Waals surface area contributed by atoms with Gasteiger partial charge in [-0.2, -0.15) is 0 Å². The zero-order valence-electron chi connectivity index (χ0n) is 6.44. The van der Waals surface area contributed by atoms with Gasteiger partial charge in [-0.25, -0.2) is 13.9 Å². The Morgan fingerprint density at radius 2 is 2.38 bits per heavy atom. The largest absolute Gasteiger partial charge is 0.478 e. The maximum Gasteiger partial charge on any atom is 0.337 e. The summed E-state index contributed by atoms with van der Waals surface area (Å²) in [5, 5.41) is 9.39. The zero-order chi connectivity index (χ0) is 9.42. The third-order valence-electron chi connectivity index (χ3n) is 1.73. The molecule has 5 heteroatoms. The van der Waals surface area contributed by atoms with Crippen LogP contribution in [0.3, 0.4) is 0 Å². The highest BCUT2D eigenvalue weighted by molar-refractivity contribution is 6.18. The van der Waals surface area contributed by atoms with Crippen LogP contribution in [0.1, 0.15) is 10.4 Å². The van der Waals surface area contributed by atoms with Crippen molar-refractivity contribution in [3.05, 3.63) is 30.1 Å². The molecule has 0 aromatic carbocycles. The van der Waals surface area contributed by atoms with E-state index >= 15 is 0 Å². The Bertz CT molecular complexity index is 478. The van der Waals surface area contributed by atoms with Gasteiger partial charge in [0.2, 0.25) is 0 Å². The summed E-state index contributed by atoms with van der Waals surface area (Å²) >= 11 is 5.71. The minimum Gasteiger partial charge on any atom is -0.478 e. The van der Waals surface area contributed by atoms with Gasteiger partial charge in [0, 0.05) is 29.6 Å². The molecule has 0 unspecified atom stereocenters. The van der Waals surface area contributed by atoms with Gasteiger partial charge in [-0.1, -0.05) is 0 Å². The van der Waals surface area contributed by atoms with E-state index in [0.29, 0.717) is 5.65 Å². The Balaban J connectivity index is 2.70. The van der Waals surface area contributed by atoms with Crippen molar-refractivity contribution in [2.75, 3.05) is 0 Å². The molecule has 2 aromatic rings. The lowest BCUT2D eigenvalue weighted by molar-refractivity contribution is 0.0696. The Hall–Kier alpha value is -1.55. The van der Waals surface area contributed by atoms with Crippen LogP contribution in [0.15, 0.2) is 24.5 Å². The minimum absolute atomic E-state index is 0.162. The van der Waals surface area contributed by atoms with Gasteiger partial charge >= 0.3 is 5.97 Å². The van der Waals surface area contributed by atoms with E-state index in [1.165, 1.54) is 16.3 Å². The highest BCUT2D eigenvalue weighted by Gasteiger charge is 2.06. The van der Waals surface area contributed by atoms with E-state index in [-0.39, 0.29) is 5.56 Å². The highest BCUT2D eigenvalue weighted by atomic mass is 35.5. The summed E-state index contributed by atoms with van der Waals surface area (Å²) in [5.41, 5.74) is 0.724. The number of hydrogen-bond donors (Lipinski definition) is 1. The fourth-order valence-corrected chi connectivity index (χ4v) is 1.31. The normalized spacial score (nSPS) is 10.5. The molecule has 0 radical (unpaired) electrons. The number of hydrogen-bond acceptors (Lipinski definition) is 2. The van der Waals surface area contributed by atoms with Crippen molar-refractivity contribution < 1.29 is 9.90 Å². The van der Waals surface area contributed by atoms with Crippen LogP contribution in [0.25, 0.3) is 11.0 Å². The summed E-state index contributed by atoms with van der Waals surface area (Å²) in [4.78, 5) is 14.5. The van der Waals surface area contributed by atoms with E-state index in [9.17, 15) is 4.79 Å². The first kappa shape index (κ1) is 8.07. The molecule has 0 aliphatic rings. The maximum absolute atomic E-state index is 10.6. The fourth-order valence-electron chi connectivity index (χ4n) is 1.11. The van der Waals surface area contributed by atoms with E-state index in [1.807, 2.05) is 0 Å². The molecule has 0 aliphatic heterocycles. The molecule has 4 nitrogen and oxygen atoms in total. The van der Waals surface area contributed by atoms with Crippen LogP contribution in [0.4, 0.5) is 0 Å². The van der Waals surface area contributed by atoms with Gasteiger partial charge in [0.15, 0.2) is 5.65 Å². The maximum atomic E-state index is 10.6. The van der Waals surface area contributed by atoms with Crippen LogP contribution in [0, 0.1) is 0 Å². The fraction of sp³-hybridized carbons (Fsp3) is 0. The smallest absolute Gasteiger partial charge is 0.337 e. The number of aromatic carboxylic acids is 1. The van der Waals surface area contributed by atoms with Crippen molar-refractivity contribution in [1.29, 1.82) is 0 Å². The lowest BCUT2D eigenvalue weighted by Gasteiger charge is -1.94. The zero-order valence-corrected chi connectivity index (χ0v) is 7.19. The Kier molecular flexibility index (Phi) is 1.70. The molecule has 0 amide bonds. The first-order valence-corrected chi connectivity index (χ1v) is 3.89. The number of aromatic nitrogens is 2. The van der Waals surface area contributed by atoms with Crippen LogP contribution in [0.5, 0.6) is 0 Å². The van der Waals surface area contributed by atoms with Crippen LogP contribution in [-0.2, 0) is 0 Å². The van der Waals surface area contributed by atoms with Crippen molar-refractivity contribution in [3.8, 4) is 0 Å². The Morgan fingerprint density at radius 3 is 3.08 bits per heavy atom. The van der Waals surface area contributed by atoms with Gasteiger partial charge in [-0.3, -0.25) is 0 Å². The number of carboxylic acid groups (broad SMARTS) is 1. The molecule has 66 valence electrons. The first-order valence-electron chi connectivity index (χ1n) is 3.55. The number of pyridine rings is 1. The van der Waals surface area contributed by atoms with Crippen molar-refractivity contribution in [3.63, 3.8) is 0 Å². The topological polar surface area (TPSA) is 55.1 Å². The van der Waals surface area contributed by atoms with Crippen molar-refractivity contribution in [2.45, 2.75) is 0 Å². The molecule has 0 aliphatic carbocycles. The van der Waals surface area contributed by atoms with E-state index in [2.05, 4.69) is 4.98 Å². The van der Waals surface area contributed by atoms with Gasteiger partial charge < -0.3 is 5.11 Å². The van der Waals surface area contributed by atoms with E-state index in [0.717, 1.165) is 5.39 Å². The number of fused-ring (bicyclic) bond motifs is 1. The number of carboxylic acids is 1. The first-order chi connectivity index (χ1) is 6.18. The summed E-state index contributed by atoms with van der Waals surface area (Å²) in [7, 11) is 0. The molecule has 2 rings (SSSR count). The second kappa shape index (κ2) is 2.74. The van der Waals surface area contributed by atoms with Crippen LogP contribution in [0.2, 0.25) is 0 Å². The molecule has 0 bridgehead atoms. The second-order valence-corrected chi connectivity index (χ2v) is 2.93. The van der Waals surface area contributed by atoms with Crippen molar-refractivity contribution in [2.24, 2.45) is 0 Å². The van der Waals surface area contributed by atoms with Crippen molar-refractivity contribution in [1.82, 2.24) is 9.07 Å². The minimum atomic E-state index is -0.989. The number of rotatable bonds is 1. The van der Waals surface area contributed by atoms with Crippen LogP contribution in [-0.4, -0.2) is 20.1 Å².